The van der Waals surface area contributed by atoms with Crippen molar-refractivity contribution < 1.29 is 0 Å². The van der Waals surface area contributed by atoms with E-state index in [2.05, 4.69) is 61.8 Å². The number of hydrogen-bond donors (Lipinski definition) is 2. The van der Waals surface area contributed by atoms with Crippen LogP contribution in [0.5, 0.6) is 0 Å². The maximum atomic E-state index is 4.56. The van der Waals surface area contributed by atoms with Crippen molar-refractivity contribution in [1.82, 2.24) is 30.1 Å². The van der Waals surface area contributed by atoms with Crippen LogP contribution in [0.2, 0.25) is 0 Å². The lowest BCUT2D eigenvalue weighted by Gasteiger charge is -2.06. The number of aryl methyl sites for hydroxylation is 2. The van der Waals surface area contributed by atoms with Gasteiger partial charge in [-0.05, 0) is 49.2 Å². The fourth-order valence-corrected chi connectivity index (χ4v) is 3.93. The monoisotopic (exact) mass is 418 g/mol. The average molecular weight is 419 g/mol. The second-order valence-corrected chi connectivity index (χ2v) is 7.72. The van der Waals surface area contributed by atoms with Gasteiger partial charge >= 0.3 is 0 Å². The van der Waals surface area contributed by atoms with Crippen LogP contribution in [-0.4, -0.2) is 30.1 Å². The van der Waals surface area contributed by atoms with Gasteiger partial charge in [0.05, 0.1) is 11.4 Å². The van der Waals surface area contributed by atoms with Crippen molar-refractivity contribution in [1.29, 1.82) is 0 Å². The first kappa shape index (κ1) is 19.6. The van der Waals surface area contributed by atoms with Crippen LogP contribution in [0.15, 0.2) is 80.0 Å². The van der Waals surface area contributed by atoms with Crippen LogP contribution in [0.1, 0.15) is 22.4 Å². The van der Waals surface area contributed by atoms with Gasteiger partial charge in [0.2, 0.25) is 0 Å². The minimum Gasteiger partial charge on any atom is -0.357 e. The third-order valence-electron chi connectivity index (χ3n) is 5.45. The van der Waals surface area contributed by atoms with Gasteiger partial charge in [0, 0.05) is 64.3 Å². The van der Waals surface area contributed by atoms with Gasteiger partial charge in [0.1, 0.15) is 0 Å². The minimum absolute atomic E-state index is 0.673. The Morgan fingerprint density at radius 2 is 1.88 bits per heavy atom. The number of pyridine rings is 3. The molecule has 6 nitrogen and oxygen atoms in total. The van der Waals surface area contributed by atoms with Gasteiger partial charge < -0.3 is 4.98 Å². The molecule has 32 heavy (non-hydrogen) atoms. The molecule has 0 saturated heterocycles. The smallest absolute Gasteiger partial charge is 0.181 e. The van der Waals surface area contributed by atoms with E-state index in [4.69, 9.17) is 0 Å². The molecule has 6 heteroatoms. The van der Waals surface area contributed by atoms with E-state index < -0.39 is 0 Å². The second kappa shape index (κ2) is 8.07. The summed E-state index contributed by atoms with van der Waals surface area (Å²) >= 11 is 0. The van der Waals surface area contributed by atoms with Gasteiger partial charge in [-0.3, -0.25) is 15.1 Å². The van der Waals surface area contributed by atoms with Gasteiger partial charge in [0.25, 0.3) is 0 Å². The molecule has 0 bridgehead atoms. The number of nitrogens with one attached hydrogen (secondary N) is 2. The second-order valence-electron chi connectivity index (χ2n) is 7.72. The van der Waals surface area contributed by atoms with Gasteiger partial charge in [-0.2, -0.15) is 5.10 Å². The third kappa shape index (κ3) is 3.52. The van der Waals surface area contributed by atoms with Crippen molar-refractivity contribution in [2.24, 2.45) is 0 Å². The highest BCUT2D eigenvalue weighted by Crippen LogP contribution is 2.33. The van der Waals surface area contributed by atoms with Crippen molar-refractivity contribution in [3.05, 3.63) is 102 Å². The van der Waals surface area contributed by atoms with Crippen LogP contribution in [0.3, 0.4) is 0 Å². The molecular formula is C26H22N6. The molecule has 5 aromatic rings. The summed E-state index contributed by atoms with van der Waals surface area (Å²) in [6, 6.07) is 10.3. The first-order valence-corrected chi connectivity index (χ1v) is 10.3. The minimum atomic E-state index is 0.673. The molecule has 2 N–H and O–H groups in total. The van der Waals surface area contributed by atoms with Crippen molar-refractivity contribution in [3.8, 4) is 22.5 Å². The number of nitrogens with zero attached hydrogens (tertiary/aromatic N) is 4. The summed E-state index contributed by atoms with van der Waals surface area (Å²) in [5, 5.41) is 8.52. The molecule has 0 aliphatic carbocycles. The van der Waals surface area contributed by atoms with Gasteiger partial charge in [-0.25, -0.2) is 4.98 Å². The maximum absolute atomic E-state index is 4.56. The third-order valence-corrected chi connectivity index (χ3v) is 5.45. The summed E-state index contributed by atoms with van der Waals surface area (Å²) in [5.74, 6) is 0. The van der Waals surface area contributed by atoms with E-state index in [1.54, 1.807) is 12.3 Å². The van der Waals surface area contributed by atoms with E-state index in [1.807, 2.05) is 49.9 Å². The lowest BCUT2D eigenvalue weighted by atomic mass is 9.98. The van der Waals surface area contributed by atoms with E-state index in [1.165, 1.54) is 0 Å². The number of fused-ring (bicyclic) bond motifs is 1. The summed E-state index contributed by atoms with van der Waals surface area (Å²) in [4.78, 5) is 16.7. The summed E-state index contributed by atoms with van der Waals surface area (Å²) < 4.78 is 0. The Balaban J connectivity index is 1.61. The molecule has 0 atom stereocenters. The standard InChI is InChI=1S/C26H22N6/c1-4-6-21(18-7-5-8-27-13-18)22-11-24(30-17(22)3)25-23-10-20(15-29-26(23)32-31-25)19-9-16(2)12-28-14-19/h4-15,30H,1H2,2-3H3,(H,29,31,32)/b21-6-. The summed E-state index contributed by atoms with van der Waals surface area (Å²) in [6.45, 7) is 7.98. The van der Waals surface area contributed by atoms with Crippen molar-refractivity contribution in [2.75, 3.05) is 0 Å². The van der Waals surface area contributed by atoms with Crippen LogP contribution in [0, 0.1) is 13.8 Å². The first-order chi connectivity index (χ1) is 15.6. The topological polar surface area (TPSA) is 83.1 Å². The van der Waals surface area contributed by atoms with E-state index in [-0.39, 0.29) is 0 Å². The Labute approximate surface area is 185 Å². The van der Waals surface area contributed by atoms with Gasteiger partial charge in [-0.1, -0.05) is 24.8 Å². The molecule has 5 heterocycles. The maximum Gasteiger partial charge on any atom is 0.181 e. The van der Waals surface area contributed by atoms with Crippen LogP contribution in [-0.2, 0) is 0 Å². The molecule has 0 saturated carbocycles. The molecule has 0 aliphatic rings. The van der Waals surface area contributed by atoms with Crippen LogP contribution >= 0.6 is 0 Å². The molecule has 0 unspecified atom stereocenters. The zero-order valence-corrected chi connectivity index (χ0v) is 17.9. The highest BCUT2D eigenvalue weighted by Gasteiger charge is 2.16. The zero-order chi connectivity index (χ0) is 22.1. The van der Waals surface area contributed by atoms with Crippen LogP contribution in [0.4, 0.5) is 0 Å². The summed E-state index contributed by atoms with van der Waals surface area (Å²) in [7, 11) is 0. The van der Waals surface area contributed by atoms with E-state index in [9.17, 15) is 0 Å². The van der Waals surface area contributed by atoms with E-state index >= 15 is 0 Å². The number of aromatic nitrogens is 6. The molecule has 0 aromatic carbocycles. The Morgan fingerprint density at radius 3 is 2.66 bits per heavy atom. The SMILES string of the molecule is C=C/C=C(/c1cccnc1)c1cc(-c2[nH]nc3ncc(-c4cncc(C)c4)cc23)[nH]c1C. The van der Waals surface area contributed by atoms with Gasteiger partial charge in [0.15, 0.2) is 5.65 Å². The quantitative estimate of drug-likeness (QED) is 0.362. The number of aromatic amines is 2. The lowest BCUT2D eigenvalue weighted by molar-refractivity contribution is 1.09. The molecule has 156 valence electrons. The molecule has 0 spiro atoms. The lowest BCUT2D eigenvalue weighted by Crippen LogP contribution is -1.89. The van der Waals surface area contributed by atoms with Crippen molar-refractivity contribution in [2.45, 2.75) is 13.8 Å². The van der Waals surface area contributed by atoms with Crippen molar-refractivity contribution in [3.63, 3.8) is 0 Å². The predicted octanol–water partition coefficient (Wildman–Crippen LogP) is 5.64. The average Bonchev–Trinajstić information content (AvgIpc) is 3.41. The normalized spacial score (nSPS) is 11.8. The van der Waals surface area contributed by atoms with E-state index in [0.717, 1.165) is 55.9 Å². The fraction of sp³-hybridized carbons (Fsp3) is 0.0769. The van der Waals surface area contributed by atoms with Crippen LogP contribution < -0.4 is 0 Å². The molecule has 5 aromatic heterocycles. The molecule has 0 fully saturated rings. The Hall–Kier alpha value is -4.32. The number of rotatable bonds is 5. The van der Waals surface area contributed by atoms with Gasteiger partial charge in [-0.15, -0.1) is 0 Å². The largest absolute Gasteiger partial charge is 0.357 e. The zero-order valence-electron chi connectivity index (χ0n) is 17.9. The number of allylic oxidation sites excluding steroid dienone is 2. The fourth-order valence-electron chi connectivity index (χ4n) is 3.93. The highest BCUT2D eigenvalue weighted by atomic mass is 15.2. The highest BCUT2D eigenvalue weighted by molar-refractivity contribution is 5.94. The predicted molar refractivity (Wildman–Crippen MR) is 128 cm³/mol. The van der Waals surface area contributed by atoms with Crippen LogP contribution in [0.25, 0.3) is 39.1 Å². The summed E-state index contributed by atoms with van der Waals surface area (Å²) in [6.07, 6.45) is 13.0. The Morgan fingerprint density at radius 1 is 1.00 bits per heavy atom. The number of H-pyrrole nitrogens is 2. The molecule has 5 rings (SSSR count). The van der Waals surface area contributed by atoms with E-state index in [0.29, 0.717) is 5.65 Å². The molecule has 0 aliphatic heterocycles. The Kier molecular flexibility index (Phi) is 4.95. The Bertz CT molecular complexity index is 1460. The van der Waals surface area contributed by atoms with Crippen molar-refractivity contribution >= 4 is 16.6 Å². The number of hydrogen-bond acceptors (Lipinski definition) is 4. The molecule has 0 radical (unpaired) electrons. The first-order valence-electron chi connectivity index (χ1n) is 10.3. The molecular weight excluding hydrogens is 396 g/mol. The summed E-state index contributed by atoms with van der Waals surface area (Å²) in [5.41, 5.74) is 9.88. The molecule has 0 amide bonds.